The Morgan fingerprint density at radius 2 is 2.32 bits per heavy atom. The normalized spacial score (nSPS) is 13.2. The Bertz CT molecular complexity index is 486. The first-order valence-corrected chi connectivity index (χ1v) is 7.28. The lowest BCUT2D eigenvalue weighted by atomic mass is 10.2. The van der Waals surface area contributed by atoms with E-state index in [4.69, 9.17) is 0 Å². The molecule has 8 nitrogen and oxygen atoms in total. The van der Waals surface area contributed by atoms with E-state index in [0.29, 0.717) is 18.7 Å². The van der Waals surface area contributed by atoms with Crippen molar-refractivity contribution in [2.75, 3.05) is 13.7 Å². The summed E-state index contributed by atoms with van der Waals surface area (Å²) >= 11 is 0. The van der Waals surface area contributed by atoms with E-state index in [1.807, 2.05) is 6.92 Å². The molecule has 0 spiro atoms. The van der Waals surface area contributed by atoms with Gasteiger partial charge in [-0.3, -0.25) is 4.79 Å². The lowest BCUT2D eigenvalue weighted by Gasteiger charge is -2.16. The van der Waals surface area contributed by atoms with Gasteiger partial charge >= 0.3 is 5.97 Å². The molecule has 0 radical (unpaired) electrons. The highest BCUT2D eigenvalue weighted by Gasteiger charge is 2.25. The minimum atomic E-state index is -3.74. The highest BCUT2D eigenvalue weighted by Crippen LogP contribution is 2.01. The number of rotatable bonds is 8. The number of nitrogens with zero attached hydrogens (tertiary/aromatic N) is 1. The van der Waals surface area contributed by atoms with E-state index < -0.39 is 22.2 Å². The Kier molecular flexibility index (Phi) is 5.93. The summed E-state index contributed by atoms with van der Waals surface area (Å²) in [6.45, 7) is 2.14. The summed E-state index contributed by atoms with van der Waals surface area (Å²) in [5.41, 5.74) is 0.633. The molecule has 0 saturated carbocycles. The predicted octanol–water partition coefficient (Wildman–Crippen LogP) is -0.672. The van der Waals surface area contributed by atoms with E-state index in [1.165, 1.54) is 19.6 Å². The van der Waals surface area contributed by atoms with Crippen molar-refractivity contribution in [2.24, 2.45) is 0 Å². The molecule has 0 unspecified atom stereocenters. The Balaban J connectivity index is 2.72. The van der Waals surface area contributed by atoms with Crippen molar-refractivity contribution in [3.05, 3.63) is 18.2 Å². The Morgan fingerprint density at radius 1 is 1.58 bits per heavy atom. The smallest absolute Gasteiger partial charge is 0.324 e. The van der Waals surface area contributed by atoms with Crippen molar-refractivity contribution < 1.29 is 17.9 Å². The molecule has 1 heterocycles. The molecule has 108 valence electrons. The van der Waals surface area contributed by atoms with E-state index in [9.17, 15) is 13.2 Å². The lowest BCUT2D eigenvalue weighted by molar-refractivity contribution is -0.142. The number of imidazole rings is 1. The molecule has 1 aromatic heterocycles. The highest BCUT2D eigenvalue weighted by atomic mass is 32.2. The van der Waals surface area contributed by atoms with Crippen molar-refractivity contribution in [2.45, 2.75) is 25.8 Å². The van der Waals surface area contributed by atoms with Crippen LogP contribution in [0.5, 0.6) is 0 Å². The number of hydrogen-bond acceptors (Lipinski definition) is 5. The molecule has 19 heavy (non-hydrogen) atoms. The van der Waals surface area contributed by atoms with Gasteiger partial charge < -0.3 is 9.72 Å². The first kappa shape index (κ1) is 15.6. The molecular weight excluding hydrogens is 272 g/mol. The first-order valence-electron chi connectivity index (χ1n) is 5.80. The summed E-state index contributed by atoms with van der Waals surface area (Å²) in [5.74, 6) is -0.656. The number of methoxy groups -OCH3 is 1. The molecule has 9 heteroatoms. The highest BCUT2D eigenvalue weighted by molar-refractivity contribution is 7.87. The topological polar surface area (TPSA) is 113 Å². The van der Waals surface area contributed by atoms with Crippen LogP contribution in [0, 0.1) is 0 Å². The van der Waals surface area contributed by atoms with Crippen LogP contribution in [0.15, 0.2) is 12.5 Å². The number of aromatic amines is 1. The molecule has 0 saturated heterocycles. The Labute approximate surface area is 112 Å². The third kappa shape index (κ3) is 5.37. The lowest BCUT2D eigenvalue weighted by Crippen LogP contribution is -2.48. The average Bonchev–Trinajstić information content (AvgIpc) is 2.87. The van der Waals surface area contributed by atoms with Gasteiger partial charge in [0.2, 0.25) is 0 Å². The van der Waals surface area contributed by atoms with Crippen molar-refractivity contribution in [3.8, 4) is 0 Å². The Hall–Kier alpha value is -1.45. The van der Waals surface area contributed by atoms with Crippen molar-refractivity contribution in [1.29, 1.82) is 0 Å². The van der Waals surface area contributed by atoms with Gasteiger partial charge in [0, 0.05) is 24.9 Å². The predicted molar refractivity (Wildman–Crippen MR) is 68.4 cm³/mol. The van der Waals surface area contributed by atoms with Crippen LogP contribution in [0.25, 0.3) is 0 Å². The molecule has 0 fully saturated rings. The van der Waals surface area contributed by atoms with Gasteiger partial charge in [0.05, 0.1) is 13.4 Å². The number of H-pyrrole nitrogens is 1. The van der Waals surface area contributed by atoms with Gasteiger partial charge in [-0.25, -0.2) is 9.71 Å². The summed E-state index contributed by atoms with van der Waals surface area (Å²) in [4.78, 5) is 18.2. The number of carbonyl (C=O) groups is 1. The molecule has 1 atom stereocenters. The fourth-order valence-corrected chi connectivity index (χ4v) is 2.51. The van der Waals surface area contributed by atoms with Crippen LogP contribution in [0.3, 0.4) is 0 Å². The number of ether oxygens (including phenoxy) is 1. The summed E-state index contributed by atoms with van der Waals surface area (Å²) in [6.07, 6.45) is 3.77. The maximum atomic E-state index is 11.7. The van der Waals surface area contributed by atoms with Crippen LogP contribution in [0.2, 0.25) is 0 Å². The molecule has 0 bridgehead atoms. The van der Waals surface area contributed by atoms with Crippen molar-refractivity contribution in [1.82, 2.24) is 19.4 Å². The van der Waals surface area contributed by atoms with Gasteiger partial charge in [0.25, 0.3) is 10.2 Å². The maximum Gasteiger partial charge on any atom is 0.324 e. The van der Waals surface area contributed by atoms with Crippen LogP contribution in [-0.2, 0) is 26.2 Å². The molecule has 0 aliphatic heterocycles. The Morgan fingerprint density at radius 3 is 2.84 bits per heavy atom. The first-order chi connectivity index (χ1) is 8.98. The quantitative estimate of drug-likeness (QED) is 0.549. The summed E-state index contributed by atoms with van der Waals surface area (Å²) < 4.78 is 32.6. The number of aromatic nitrogens is 2. The summed E-state index contributed by atoms with van der Waals surface area (Å²) in [5, 5.41) is 0. The van der Waals surface area contributed by atoms with Crippen molar-refractivity contribution >= 4 is 16.2 Å². The third-order valence-electron chi connectivity index (χ3n) is 2.30. The van der Waals surface area contributed by atoms with Crippen LogP contribution in [0.4, 0.5) is 0 Å². The van der Waals surface area contributed by atoms with E-state index >= 15 is 0 Å². The largest absolute Gasteiger partial charge is 0.468 e. The molecule has 0 aliphatic rings. The zero-order valence-corrected chi connectivity index (χ0v) is 11.7. The molecule has 1 rings (SSSR count). The monoisotopic (exact) mass is 290 g/mol. The number of hydrogen-bond donors (Lipinski definition) is 3. The van der Waals surface area contributed by atoms with Gasteiger partial charge in [-0.1, -0.05) is 6.92 Å². The number of esters is 1. The van der Waals surface area contributed by atoms with Crippen LogP contribution in [-0.4, -0.2) is 44.1 Å². The van der Waals surface area contributed by atoms with Gasteiger partial charge in [-0.2, -0.15) is 13.1 Å². The summed E-state index contributed by atoms with van der Waals surface area (Å²) in [6, 6.07) is -1.00. The van der Waals surface area contributed by atoms with Gasteiger partial charge in [-0.05, 0) is 6.42 Å². The number of nitrogens with one attached hydrogen (secondary N) is 3. The third-order valence-corrected chi connectivity index (χ3v) is 3.48. The standard InChI is InChI=1S/C10H18N4O4S/c1-3-4-13-19(16,17)14-9(10(15)18-2)5-8-6-11-7-12-8/h6-7,9,13-14H,3-5H2,1-2H3,(H,11,12)/t9-/m0/s1. The fourth-order valence-electron chi connectivity index (χ4n) is 1.40. The van der Waals surface area contributed by atoms with Crippen LogP contribution in [0.1, 0.15) is 19.0 Å². The van der Waals surface area contributed by atoms with E-state index in [0.717, 1.165) is 0 Å². The molecule has 0 aliphatic carbocycles. The fraction of sp³-hybridized carbons (Fsp3) is 0.600. The van der Waals surface area contributed by atoms with E-state index in [1.54, 1.807) is 0 Å². The number of carbonyl (C=O) groups excluding carboxylic acids is 1. The molecular formula is C10H18N4O4S. The van der Waals surface area contributed by atoms with Crippen LogP contribution >= 0.6 is 0 Å². The minimum Gasteiger partial charge on any atom is -0.468 e. The summed E-state index contributed by atoms with van der Waals surface area (Å²) in [7, 11) is -2.53. The second kappa shape index (κ2) is 7.22. The second-order valence-electron chi connectivity index (χ2n) is 3.87. The molecule has 1 aromatic rings. The van der Waals surface area contributed by atoms with Gasteiger partial charge in [-0.15, -0.1) is 0 Å². The molecule has 0 aromatic carbocycles. The minimum absolute atomic E-state index is 0.139. The maximum absolute atomic E-state index is 11.7. The average molecular weight is 290 g/mol. The van der Waals surface area contributed by atoms with Crippen LogP contribution < -0.4 is 9.44 Å². The molecule has 3 N–H and O–H groups in total. The zero-order chi connectivity index (χ0) is 14.3. The van der Waals surface area contributed by atoms with Crippen molar-refractivity contribution in [3.63, 3.8) is 0 Å². The van der Waals surface area contributed by atoms with Gasteiger partial charge in [0.15, 0.2) is 0 Å². The van der Waals surface area contributed by atoms with Gasteiger partial charge in [0.1, 0.15) is 6.04 Å². The second-order valence-corrected chi connectivity index (χ2v) is 5.40. The van der Waals surface area contributed by atoms with E-state index in [2.05, 4.69) is 24.1 Å². The zero-order valence-electron chi connectivity index (χ0n) is 10.8. The molecule has 0 amide bonds. The van der Waals surface area contributed by atoms with E-state index in [-0.39, 0.29) is 6.42 Å². The SMILES string of the molecule is CCCNS(=O)(=O)N[C@@H](Cc1cnc[nH]1)C(=O)OC.